The quantitative estimate of drug-likeness (QED) is 0.166. The van der Waals surface area contributed by atoms with Gasteiger partial charge in [0.15, 0.2) is 0 Å². The van der Waals surface area contributed by atoms with E-state index in [1.165, 1.54) is 29.2 Å². The molecule has 1 atom stereocenters. The van der Waals surface area contributed by atoms with Crippen LogP contribution in [0, 0.1) is 10.1 Å². The summed E-state index contributed by atoms with van der Waals surface area (Å²) in [4.78, 5) is 38.0. The largest absolute Gasteiger partial charge is 0.507 e. The minimum atomic E-state index is -0.863. The maximum Gasteiger partial charge on any atom is 0.295 e. The number of hydrogen-bond donors (Lipinski definition) is 1. The Morgan fingerprint density at radius 1 is 0.970 bits per heavy atom. The van der Waals surface area contributed by atoms with Gasteiger partial charge in [-0.3, -0.25) is 19.7 Å². The Bertz CT molecular complexity index is 1240. The van der Waals surface area contributed by atoms with Crippen molar-refractivity contribution in [3.8, 4) is 0 Å². The van der Waals surface area contributed by atoms with Crippen LogP contribution in [0.3, 0.4) is 0 Å². The zero-order valence-electron chi connectivity index (χ0n) is 17.3. The number of halogens is 1. The van der Waals surface area contributed by atoms with Gasteiger partial charge >= 0.3 is 0 Å². The number of aliphatic hydroxyl groups is 1. The maximum atomic E-state index is 13.0. The highest BCUT2D eigenvalue weighted by atomic mass is 79.9. The smallest absolute Gasteiger partial charge is 0.295 e. The molecular formula is C25H19BrN2O5. The van der Waals surface area contributed by atoms with E-state index in [4.69, 9.17) is 0 Å². The van der Waals surface area contributed by atoms with Crippen molar-refractivity contribution in [1.82, 2.24) is 4.90 Å². The molecule has 166 valence electrons. The van der Waals surface area contributed by atoms with E-state index in [2.05, 4.69) is 15.9 Å². The fourth-order valence-corrected chi connectivity index (χ4v) is 4.16. The average molecular weight is 507 g/mol. The molecule has 0 unspecified atom stereocenters. The summed E-state index contributed by atoms with van der Waals surface area (Å²) in [5.74, 6) is -1.79. The number of non-ortho nitro benzene ring substituents is 1. The van der Waals surface area contributed by atoms with Gasteiger partial charge in [-0.1, -0.05) is 58.4 Å². The molecule has 33 heavy (non-hydrogen) atoms. The van der Waals surface area contributed by atoms with Crippen LogP contribution in [-0.2, 0) is 16.0 Å². The van der Waals surface area contributed by atoms with E-state index < -0.39 is 22.7 Å². The van der Waals surface area contributed by atoms with E-state index in [0.29, 0.717) is 17.5 Å². The van der Waals surface area contributed by atoms with Crippen molar-refractivity contribution in [2.24, 2.45) is 0 Å². The van der Waals surface area contributed by atoms with Gasteiger partial charge < -0.3 is 10.0 Å². The lowest BCUT2D eigenvalue weighted by Gasteiger charge is -2.25. The van der Waals surface area contributed by atoms with Crippen LogP contribution < -0.4 is 0 Å². The van der Waals surface area contributed by atoms with Crippen LogP contribution >= 0.6 is 15.9 Å². The highest BCUT2D eigenvalue weighted by Crippen LogP contribution is 2.40. The zero-order valence-corrected chi connectivity index (χ0v) is 18.9. The van der Waals surface area contributed by atoms with Crippen molar-refractivity contribution in [2.75, 3.05) is 6.54 Å². The summed E-state index contributed by atoms with van der Waals surface area (Å²) in [6.45, 7) is 0.243. The highest BCUT2D eigenvalue weighted by molar-refractivity contribution is 9.10. The highest BCUT2D eigenvalue weighted by Gasteiger charge is 2.45. The van der Waals surface area contributed by atoms with Crippen LogP contribution in [0.2, 0.25) is 0 Å². The average Bonchev–Trinajstić information content (AvgIpc) is 3.08. The summed E-state index contributed by atoms with van der Waals surface area (Å²) in [5, 5.41) is 22.1. The maximum absolute atomic E-state index is 13.0. The number of carbonyl (C=O) groups excluding carboxylic acids is 2. The van der Waals surface area contributed by atoms with Crippen molar-refractivity contribution in [1.29, 1.82) is 0 Å². The molecule has 0 saturated carbocycles. The minimum absolute atomic E-state index is 0.0377. The molecular weight excluding hydrogens is 488 g/mol. The van der Waals surface area contributed by atoms with Gasteiger partial charge in [-0.25, -0.2) is 0 Å². The Balaban J connectivity index is 1.79. The number of benzene rings is 3. The molecule has 4 rings (SSSR count). The third-order valence-electron chi connectivity index (χ3n) is 5.56. The van der Waals surface area contributed by atoms with Gasteiger partial charge in [0, 0.05) is 28.7 Å². The Hall–Kier alpha value is -3.78. The molecule has 8 heteroatoms. The molecule has 7 nitrogen and oxygen atoms in total. The zero-order chi connectivity index (χ0) is 23.5. The molecule has 0 aromatic heterocycles. The molecule has 1 fully saturated rings. The van der Waals surface area contributed by atoms with E-state index in [1.807, 2.05) is 30.3 Å². The summed E-state index contributed by atoms with van der Waals surface area (Å²) in [5.41, 5.74) is 1.75. The first kappa shape index (κ1) is 22.4. The number of nitrogens with zero attached hydrogens (tertiary/aromatic N) is 2. The lowest BCUT2D eigenvalue weighted by Crippen LogP contribution is -2.31. The standard InChI is InChI=1S/C25H19BrN2O5/c26-19-10-6-18(7-11-19)23(29)21-22(17-8-12-20(13-9-17)28(32)33)27(25(31)24(21)30)15-14-16-4-2-1-3-5-16/h1-13,22,29H,14-15H2/t22-/m0/s1. The number of carbonyl (C=O) groups is 2. The molecule has 0 bridgehead atoms. The number of likely N-dealkylation sites (tertiary alicyclic amines) is 1. The topological polar surface area (TPSA) is 101 Å². The fourth-order valence-electron chi connectivity index (χ4n) is 3.89. The number of nitro groups is 1. The first-order valence-corrected chi connectivity index (χ1v) is 11.0. The lowest BCUT2D eigenvalue weighted by molar-refractivity contribution is -0.384. The first-order valence-electron chi connectivity index (χ1n) is 10.2. The number of hydrogen-bond acceptors (Lipinski definition) is 5. The first-order chi connectivity index (χ1) is 15.9. The Morgan fingerprint density at radius 3 is 2.21 bits per heavy atom. The summed E-state index contributed by atoms with van der Waals surface area (Å²) in [7, 11) is 0. The number of ketones is 1. The van der Waals surface area contributed by atoms with E-state index in [1.54, 1.807) is 24.3 Å². The second kappa shape index (κ2) is 9.38. The van der Waals surface area contributed by atoms with Gasteiger partial charge in [-0.15, -0.1) is 0 Å². The third-order valence-corrected chi connectivity index (χ3v) is 6.09. The van der Waals surface area contributed by atoms with Crippen molar-refractivity contribution in [2.45, 2.75) is 12.5 Å². The van der Waals surface area contributed by atoms with E-state index in [9.17, 15) is 24.8 Å². The molecule has 3 aromatic rings. The second-order valence-corrected chi connectivity index (χ2v) is 8.50. The third kappa shape index (κ3) is 4.56. The Labute approximate surface area is 198 Å². The van der Waals surface area contributed by atoms with E-state index in [0.717, 1.165) is 10.0 Å². The van der Waals surface area contributed by atoms with Crippen molar-refractivity contribution >= 4 is 39.1 Å². The molecule has 1 aliphatic rings. The predicted octanol–water partition coefficient (Wildman–Crippen LogP) is 5.02. The van der Waals surface area contributed by atoms with Gasteiger partial charge in [0.25, 0.3) is 17.4 Å². The second-order valence-electron chi connectivity index (χ2n) is 7.58. The predicted molar refractivity (Wildman–Crippen MR) is 126 cm³/mol. The Kier molecular flexibility index (Phi) is 6.37. The fraction of sp³-hybridized carbons (Fsp3) is 0.120. The van der Waals surface area contributed by atoms with Gasteiger partial charge in [-0.05, 0) is 41.8 Å². The van der Waals surface area contributed by atoms with Crippen molar-refractivity contribution in [3.05, 3.63) is 116 Å². The summed E-state index contributed by atoms with van der Waals surface area (Å²) in [6, 6.07) is 21.1. The molecule has 1 N–H and O–H groups in total. The Morgan fingerprint density at radius 2 is 1.61 bits per heavy atom. The number of aliphatic hydroxyl groups excluding tert-OH is 1. The molecule has 3 aromatic carbocycles. The van der Waals surface area contributed by atoms with Crippen molar-refractivity contribution < 1.29 is 19.6 Å². The van der Waals surface area contributed by atoms with Crippen LogP contribution in [0.4, 0.5) is 5.69 Å². The molecule has 1 heterocycles. The molecule has 0 aliphatic carbocycles. The van der Waals surface area contributed by atoms with Gasteiger partial charge in [0.1, 0.15) is 5.76 Å². The van der Waals surface area contributed by atoms with Crippen LogP contribution in [0.25, 0.3) is 5.76 Å². The summed E-state index contributed by atoms with van der Waals surface area (Å²) < 4.78 is 0.800. The molecule has 1 aliphatic heterocycles. The molecule has 1 amide bonds. The molecule has 1 saturated heterocycles. The van der Waals surface area contributed by atoms with Crippen LogP contribution in [0.1, 0.15) is 22.7 Å². The van der Waals surface area contributed by atoms with Crippen LogP contribution in [0.15, 0.2) is 88.9 Å². The lowest BCUT2D eigenvalue weighted by atomic mass is 9.95. The van der Waals surface area contributed by atoms with Gasteiger partial charge in [0.05, 0.1) is 16.5 Å². The number of amides is 1. The summed E-state index contributed by atoms with van der Waals surface area (Å²) >= 11 is 3.34. The van der Waals surface area contributed by atoms with E-state index in [-0.39, 0.29) is 23.6 Å². The van der Waals surface area contributed by atoms with Crippen molar-refractivity contribution in [3.63, 3.8) is 0 Å². The molecule has 0 spiro atoms. The number of Topliss-reactive ketones (excluding diaryl/α,β-unsaturated/α-hetero) is 1. The van der Waals surface area contributed by atoms with Crippen LogP contribution in [-0.4, -0.2) is 33.2 Å². The minimum Gasteiger partial charge on any atom is -0.507 e. The van der Waals surface area contributed by atoms with Gasteiger partial charge in [-0.2, -0.15) is 0 Å². The van der Waals surface area contributed by atoms with Crippen LogP contribution in [0.5, 0.6) is 0 Å². The molecule has 0 radical (unpaired) electrons. The summed E-state index contributed by atoms with van der Waals surface area (Å²) in [6.07, 6.45) is 0.510. The normalized spacial score (nSPS) is 17.4. The monoisotopic (exact) mass is 506 g/mol. The SMILES string of the molecule is O=C1C(=O)N(CCc2ccccc2)[C@@H](c2ccc([N+](=O)[O-])cc2)C1=C(O)c1ccc(Br)cc1. The van der Waals surface area contributed by atoms with E-state index >= 15 is 0 Å². The van der Waals surface area contributed by atoms with Gasteiger partial charge in [0.2, 0.25) is 0 Å². The number of rotatable bonds is 6. The number of nitro benzene ring substituents is 1.